The average Bonchev–Trinajstić information content (AvgIpc) is 2.28. The second kappa shape index (κ2) is 5.15. The fourth-order valence-corrected chi connectivity index (χ4v) is 1.55. The first-order valence-electron chi connectivity index (χ1n) is 5.15. The number of halogens is 2. The highest BCUT2D eigenvalue weighted by Gasteiger charge is 2.04. The van der Waals surface area contributed by atoms with Gasteiger partial charge in [-0.3, -0.25) is 0 Å². The highest BCUT2D eigenvalue weighted by atomic mass is 35.5. The third-order valence-corrected chi connectivity index (χ3v) is 2.49. The van der Waals surface area contributed by atoms with Crippen LogP contribution < -0.4 is 4.74 Å². The molecule has 0 unspecified atom stereocenters. The number of benzene rings is 1. The largest absolute Gasteiger partial charge is 0.473 e. The zero-order chi connectivity index (χ0) is 12.3. The van der Waals surface area contributed by atoms with Crippen LogP contribution in [-0.2, 0) is 6.61 Å². The van der Waals surface area contributed by atoms with E-state index in [-0.39, 0.29) is 12.4 Å². The molecule has 0 aliphatic rings. The van der Waals surface area contributed by atoms with Crippen LogP contribution >= 0.6 is 11.6 Å². The van der Waals surface area contributed by atoms with E-state index >= 15 is 0 Å². The maximum absolute atomic E-state index is 13.4. The lowest BCUT2D eigenvalue weighted by Crippen LogP contribution is -2.00. The SMILES string of the molecule is Cc1cccc(OCc2ccc(Cl)cc2F)n1. The van der Waals surface area contributed by atoms with Crippen LogP contribution in [0.2, 0.25) is 5.02 Å². The predicted molar refractivity (Wildman–Crippen MR) is 64.7 cm³/mol. The van der Waals surface area contributed by atoms with Gasteiger partial charge in [-0.2, -0.15) is 0 Å². The van der Waals surface area contributed by atoms with Crippen LogP contribution in [-0.4, -0.2) is 4.98 Å². The molecule has 0 amide bonds. The standard InChI is InChI=1S/C13H11ClFNO/c1-9-3-2-4-13(16-9)17-8-10-5-6-11(14)7-12(10)15/h2-7H,8H2,1H3. The number of hydrogen-bond donors (Lipinski definition) is 0. The van der Waals surface area contributed by atoms with E-state index < -0.39 is 0 Å². The summed E-state index contributed by atoms with van der Waals surface area (Å²) in [5.41, 5.74) is 1.32. The van der Waals surface area contributed by atoms with Gasteiger partial charge in [0.2, 0.25) is 5.88 Å². The second-order valence-electron chi connectivity index (χ2n) is 3.64. The summed E-state index contributed by atoms with van der Waals surface area (Å²) in [5, 5.41) is 0.375. The Morgan fingerprint density at radius 3 is 2.82 bits per heavy atom. The molecule has 0 fully saturated rings. The van der Waals surface area contributed by atoms with Crippen molar-refractivity contribution >= 4 is 11.6 Å². The van der Waals surface area contributed by atoms with Crippen LogP contribution in [0.5, 0.6) is 5.88 Å². The third-order valence-electron chi connectivity index (χ3n) is 2.25. The van der Waals surface area contributed by atoms with Crippen LogP contribution in [0.1, 0.15) is 11.3 Å². The Bertz CT molecular complexity index is 531. The third kappa shape index (κ3) is 3.17. The van der Waals surface area contributed by atoms with Gasteiger partial charge in [-0.25, -0.2) is 9.37 Å². The minimum atomic E-state index is -0.370. The van der Waals surface area contributed by atoms with Gasteiger partial charge in [-0.05, 0) is 25.1 Å². The summed E-state index contributed by atoms with van der Waals surface area (Å²) < 4.78 is 18.8. The second-order valence-corrected chi connectivity index (χ2v) is 4.08. The first-order valence-corrected chi connectivity index (χ1v) is 5.53. The van der Waals surface area contributed by atoms with E-state index in [1.807, 2.05) is 19.1 Å². The van der Waals surface area contributed by atoms with Crippen molar-refractivity contribution in [3.8, 4) is 5.88 Å². The van der Waals surface area contributed by atoms with Gasteiger partial charge in [0.25, 0.3) is 0 Å². The molecule has 2 nitrogen and oxygen atoms in total. The molecule has 2 aromatic rings. The first kappa shape index (κ1) is 11.9. The van der Waals surface area contributed by atoms with Crippen molar-refractivity contribution in [1.29, 1.82) is 0 Å². The van der Waals surface area contributed by atoms with Crippen molar-refractivity contribution in [2.75, 3.05) is 0 Å². The molecule has 0 N–H and O–H groups in total. The minimum absolute atomic E-state index is 0.138. The quantitative estimate of drug-likeness (QED) is 0.829. The Labute approximate surface area is 104 Å². The average molecular weight is 252 g/mol. The number of hydrogen-bond acceptors (Lipinski definition) is 2. The molecule has 2 rings (SSSR count). The van der Waals surface area contributed by atoms with Gasteiger partial charge in [-0.15, -0.1) is 0 Å². The van der Waals surface area contributed by atoms with Gasteiger partial charge in [0.1, 0.15) is 12.4 Å². The smallest absolute Gasteiger partial charge is 0.213 e. The van der Waals surface area contributed by atoms with Crippen LogP contribution in [0.3, 0.4) is 0 Å². The molecule has 0 saturated carbocycles. The molecule has 1 aromatic carbocycles. The zero-order valence-electron chi connectivity index (χ0n) is 9.28. The Hall–Kier alpha value is -1.61. The van der Waals surface area contributed by atoms with Gasteiger partial charge >= 0.3 is 0 Å². The predicted octanol–water partition coefficient (Wildman–Crippen LogP) is 3.76. The molecular formula is C13H11ClFNO. The maximum atomic E-state index is 13.4. The minimum Gasteiger partial charge on any atom is -0.473 e. The zero-order valence-corrected chi connectivity index (χ0v) is 10.0. The van der Waals surface area contributed by atoms with Crippen molar-refractivity contribution in [2.24, 2.45) is 0 Å². The lowest BCUT2D eigenvalue weighted by atomic mass is 10.2. The molecule has 4 heteroatoms. The molecule has 0 aliphatic heterocycles. The van der Waals surface area contributed by atoms with Crippen LogP contribution in [0, 0.1) is 12.7 Å². The molecule has 0 bridgehead atoms. The molecule has 88 valence electrons. The first-order chi connectivity index (χ1) is 8.15. The summed E-state index contributed by atoms with van der Waals surface area (Å²) in [6, 6.07) is 9.96. The van der Waals surface area contributed by atoms with Gasteiger partial charge in [0.05, 0.1) is 0 Å². The normalized spacial score (nSPS) is 10.3. The number of pyridine rings is 1. The van der Waals surface area contributed by atoms with E-state index in [1.54, 1.807) is 18.2 Å². The number of aromatic nitrogens is 1. The summed E-state index contributed by atoms with van der Waals surface area (Å²) in [5.74, 6) is 0.115. The van der Waals surface area contributed by atoms with Crippen LogP contribution in [0.4, 0.5) is 4.39 Å². The summed E-state index contributed by atoms with van der Waals surface area (Å²) in [6.07, 6.45) is 0. The van der Waals surface area contributed by atoms with Crippen LogP contribution in [0.25, 0.3) is 0 Å². The van der Waals surface area contributed by atoms with Crippen molar-refractivity contribution in [3.05, 3.63) is 58.5 Å². The van der Waals surface area contributed by atoms with Crippen LogP contribution in [0.15, 0.2) is 36.4 Å². The monoisotopic (exact) mass is 251 g/mol. The summed E-state index contributed by atoms with van der Waals surface area (Å²) >= 11 is 5.66. The molecule has 0 atom stereocenters. The van der Waals surface area contributed by atoms with E-state index in [0.717, 1.165) is 5.69 Å². The fraction of sp³-hybridized carbons (Fsp3) is 0.154. The molecule has 0 aliphatic carbocycles. The highest BCUT2D eigenvalue weighted by molar-refractivity contribution is 6.30. The summed E-state index contributed by atoms with van der Waals surface area (Å²) in [6.45, 7) is 2.01. The molecule has 0 radical (unpaired) electrons. The Morgan fingerprint density at radius 1 is 1.29 bits per heavy atom. The summed E-state index contributed by atoms with van der Waals surface area (Å²) in [4.78, 5) is 4.16. The molecule has 0 spiro atoms. The maximum Gasteiger partial charge on any atom is 0.213 e. The van der Waals surface area contributed by atoms with Gasteiger partial charge in [-0.1, -0.05) is 23.7 Å². The van der Waals surface area contributed by atoms with Crippen molar-refractivity contribution in [1.82, 2.24) is 4.98 Å². The summed E-state index contributed by atoms with van der Waals surface area (Å²) in [7, 11) is 0. The lowest BCUT2D eigenvalue weighted by molar-refractivity contribution is 0.287. The number of nitrogens with zero attached hydrogens (tertiary/aromatic N) is 1. The molecular weight excluding hydrogens is 241 g/mol. The van der Waals surface area contributed by atoms with E-state index in [1.165, 1.54) is 6.07 Å². The van der Waals surface area contributed by atoms with Crippen molar-refractivity contribution in [2.45, 2.75) is 13.5 Å². The highest BCUT2D eigenvalue weighted by Crippen LogP contribution is 2.16. The Kier molecular flexibility index (Phi) is 3.59. The fourth-order valence-electron chi connectivity index (χ4n) is 1.39. The van der Waals surface area contributed by atoms with Gasteiger partial charge in [0, 0.05) is 22.3 Å². The number of aryl methyl sites for hydroxylation is 1. The Morgan fingerprint density at radius 2 is 2.12 bits per heavy atom. The van der Waals surface area contributed by atoms with Gasteiger partial charge in [0.15, 0.2) is 0 Å². The lowest BCUT2D eigenvalue weighted by Gasteiger charge is -2.06. The molecule has 0 saturated heterocycles. The van der Waals surface area contributed by atoms with Gasteiger partial charge < -0.3 is 4.74 Å². The number of ether oxygens (including phenoxy) is 1. The molecule has 17 heavy (non-hydrogen) atoms. The molecule has 1 heterocycles. The van der Waals surface area contributed by atoms with Crippen molar-refractivity contribution < 1.29 is 9.13 Å². The van der Waals surface area contributed by atoms with E-state index in [0.29, 0.717) is 16.5 Å². The Balaban J connectivity index is 2.07. The molecule has 1 aromatic heterocycles. The topological polar surface area (TPSA) is 22.1 Å². The number of rotatable bonds is 3. The van der Waals surface area contributed by atoms with E-state index in [2.05, 4.69) is 4.98 Å². The van der Waals surface area contributed by atoms with E-state index in [4.69, 9.17) is 16.3 Å². The van der Waals surface area contributed by atoms with E-state index in [9.17, 15) is 4.39 Å². The van der Waals surface area contributed by atoms with Crippen molar-refractivity contribution in [3.63, 3.8) is 0 Å².